The van der Waals surface area contributed by atoms with E-state index in [1.165, 1.54) is 39.9 Å². The Morgan fingerprint density at radius 1 is 1.19 bits per heavy atom. The number of sulfonamides is 1. The van der Waals surface area contributed by atoms with Crippen molar-refractivity contribution in [2.45, 2.75) is 58.3 Å². The van der Waals surface area contributed by atoms with Gasteiger partial charge in [-0.1, -0.05) is 45.5 Å². The summed E-state index contributed by atoms with van der Waals surface area (Å²) in [6.07, 6.45) is 2.87. The van der Waals surface area contributed by atoms with Crippen LogP contribution >= 0.6 is 11.3 Å². The van der Waals surface area contributed by atoms with Crippen molar-refractivity contribution in [1.29, 1.82) is 0 Å². The highest BCUT2D eigenvalue weighted by molar-refractivity contribution is 7.89. The SMILES string of the molecule is CCCCN(CC)S(=O)(=O)c1ccc(C(=O)Nc2nc3c(s2)C(=O)CC(C)(C)C3)cc1. The van der Waals surface area contributed by atoms with Gasteiger partial charge in [0.05, 0.1) is 15.5 Å². The minimum Gasteiger partial charge on any atom is -0.298 e. The fourth-order valence-corrected chi connectivity index (χ4v) is 6.06. The standard InChI is InChI=1S/C22H29N3O4S2/c1-5-7-12-25(6-2)31(28,29)16-10-8-15(9-11-16)20(27)24-21-23-17-13-22(3,4)14-18(26)19(17)30-21/h8-11H,5-7,12-14H2,1-4H3,(H,23,24,27). The molecule has 31 heavy (non-hydrogen) atoms. The zero-order chi connectivity index (χ0) is 22.8. The van der Waals surface area contributed by atoms with E-state index in [9.17, 15) is 18.0 Å². The molecule has 1 aromatic carbocycles. The summed E-state index contributed by atoms with van der Waals surface area (Å²) in [6.45, 7) is 8.76. The number of aromatic nitrogens is 1. The van der Waals surface area contributed by atoms with Crippen LogP contribution in [-0.2, 0) is 16.4 Å². The summed E-state index contributed by atoms with van der Waals surface area (Å²) in [5, 5.41) is 3.12. The number of thiazole rings is 1. The first-order valence-corrected chi connectivity index (χ1v) is 12.8. The van der Waals surface area contributed by atoms with Crippen LogP contribution in [0.1, 0.15) is 72.7 Å². The maximum Gasteiger partial charge on any atom is 0.257 e. The quantitative estimate of drug-likeness (QED) is 0.627. The Labute approximate surface area is 187 Å². The fourth-order valence-electron chi connectivity index (χ4n) is 3.65. The predicted molar refractivity (Wildman–Crippen MR) is 122 cm³/mol. The number of amides is 1. The molecule has 1 N–H and O–H groups in total. The number of hydrogen-bond donors (Lipinski definition) is 1. The molecule has 0 aliphatic heterocycles. The first kappa shape index (κ1) is 23.6. The number of hydrogen-bond acceptors (Lipinski definition) is 6. The number of carbonyl (C=O) groups excluding carboxylic acids is 2. The van der Waals surface area contributed by atoms with Gasteiger partial charge in [-0.05, 0) is 42.5 Å². The van der Waals surface area contributed by atoms with E-state index in [-0.39, 0.29) is 22.0 Å². The summed E-state index contributed by atoms with van der Waals surface area (Å²) in [6, 6.07) is 5.91. The Morgan fingerprint density at radius 3 is 2.48 bits per heavy atom. The van der Waals surface area contributed by atoms with Gasteiger partial charge in [-0.2, -0.15) is 4.31 Å². The molecule has 0 saturated heterocycles. The van der Waals surface area contributed by atoms with Crippen LogP contribution in [0.4, 0.5) is 5.13 Å². The van der Waals surface area contributed by atoms with Gasteiger partial charge in [-0.3, -0.25) is 14.9 Å². The van der Waals surface area contributed by atoms with E-state index < -0.39 is 10.0 Å². The molecule has 0 unspecified atom stereocenters. The number of ketones is 1. The number of anilines is 1. The number of carbonyl (C=O) groups is 2. The minimum absolute atomic E-state index is 0.0577. The van der Waals surface area contributed by atoms with Gasteiger partial charge in [0.1, 0.15) is 0 Å². The van der Waals surface area contributed by atoms with Gasteiger partial charge < -0.3 is 0 Å². The van der Waals surface area contributed by atoms with E-state index in [0.29, 0.717) is 41.5 Å². The van der Waals surface area contributed by atoms with Crippen LogP contribution in [0.2, 0.25) is 0 Å². The molecule has 1 aliphatic rings. The van der Waals surface area contributed by atoms with Crippen LogP contribution in [0.25, 0.3) is 0 Å². The van der Waals surface area contributed by atoms with Gasteiger partial charge >= 0.3 is 0 Å². The van der Waals surface area contributed by atoms with Gasteiger partial charge in [0.2, 0.25) is 10.0 Å². The van der Waals surface area contributed by atoms with E-state index in [1.807, 2.05) is 27.7 Å². The highest BCUT2D eigenvalue weighted by atomic mass is 32.2. The predicted octanol–water partition coefficient (Wildman–Crippen LogP) is 4.36. The molecule has 0 saturated carbocycles. The van der Waals surface area contributed by atoms with E-state index in [0.717, 1.165) is 18.5 Å². The first-order valence-electron chi connectivity index (χ1n) is 10.5. The Morgan fingerprint density at radius 2 is 1.87 bits per heavy atom. The second-order valence-electron chi connectivity index (χ2n) is 8.56. The molecule has 0 bridgehead atoms. The zero-order valence-electron chi connectivity index (χ0n) is 18.4. The lowest BCUT2D eigenvalue weighted by Gasteiger charge is -2.26. The first-order chi connectivity index (χ1) is 14.6. The summed E-state index contributed by atoms with van der Waals surface area (Å²) >= 11 is 1.19. The Balaban J connectivity index is 1.74. The normalized spacial score (nSPS) is 15.7. The van der Waals surface area contributed by atoms with Gasteiger partial charge in [-0.15, -0.1) is 0 Å². The van der Waals surface area contributed by atoms with Gasteiger partial charge in [0.15, 0.2) is 10.9 Å². The second kappa shape index (κ2) is 9.18. The molecule has 2 aromatic rings. The smallest absolute Gasteiger partial charge is 0.257 e. The van der Waals surface area contributed by atoms with Crippen LogP contribution in [0, 0.1) is 5.41 Å². The van der Waals surface area contributed by atoms with E-state index >= 15 is 0 Å². The highest BCUT2D eigenvalue weighted by Crippen LogP contribution is 2.38. The van der Waals surface area contributed by atoms with Crippen LogP contribution in [0.5, 0.6) is 0 Å². The highest BCUT2D eigenvalue weighted by Gasteiger charge is 2.34. The molecule has 168 valence electrons. The van der Waals surface area contributed by atoms with Gasteiger partial charge in [0.25, 0.3) is 5.91 Å². The van der Waals surface area contributed by atoms with E-state index in [2.05, 4.69) is 10.3 Å². The molecule has 1 aliphatic carbocycles. The zero-order valence-corrected chi connectivity index (χ0v) is 20.0. The monoisotopic (exact) mass is 463 g/mol. The maximum absolute atomic E-state index is 12.8. The van der Waals surface area contributed by atoms with Crippen molar-refractivity contribution in [2.24, 2.45) is 5.41 Å². The van der Waals surface area contributed by atoms with Crippen molar-refractivity contribution in [1.82, 2.24) is 9.29 Å². The summed E-state index contributed by atoms with van der Waals surface area (Å²) < 4.78 is 27.1. The summed E-state index contributed by atoms with van der Waals surface area (Å²) in [5.41, 5.74) is 0.926. The minimum atomic E-state index is -3.59. The fraction of sp³-hybridized carbons (Fsp3) is 0.500. The number of nitrogens with zero attached hydrogens (tertiary/aromatic N) is 2. The van der Waals surface area contributed by atoms with Crippen molar-refractivity contribution >= 4 is 38.2 Å². The molecule has 3 rings (SSSR count). The van der Waals surface area contributed by atoms with Crippen molar-refractivity contribution in [2.75, 3.05) is 18.4 Å². The lowest BCUT2D eigenvalue weighted by atomic mass is 9.78. The average Bonchev–Trinajstić information content (AvgIpc) is 3.09. The molecule has 1 aromatic heterocycles. The Bertz CT molecular complexity index is 1070. The lowest BCUT2D eigenvalue weighted by Crippen LogP contribution is -2.31. The van der Waals surface area contributed by atoms with Crippen LogP contribution in [0.3, 0.4) is 0 Å². The second-order valence-corrected chi connectivity index (χ2v) is 11.5. The summed E-state index contributed by atoms with van der Waals surface area (Å²) in [4.78, 5) is 30.2. The van der Waals surface area contributed by atoms with E-state index in [1.54, 1.807) is 0 Å². The lowest BCUT2D eigenvalue weighted by molar-refractivity contribution is 0.0915. The third kappa shape index (κ3) is 5.22. The third-order valence-corrected chi connectivity index (χ3v) is 8.37. The van der Waals surface area contributed by atoms with Crippen LogP contribution in [0.15, 0.2) is 29.2 Å². The Hall–Kier alpha value is -2.10. The third-order valence-electron chi connectivity index (χ3n) is 5.32. The molecule has 1 heterocycles. The molecule has 1 amide bonds. The molecule has 0 spiro atoms. The number of benzene rings is 1. The molecule has 9 heteroatoms. The van der Waals surface area contributed by atoms with Crippen molar-refractivity contribution in [3.05, 3.63) is 40.4 Å². The number of Topliss-reactive ketones (excluding diaryl/α,β-unsaturated/α-hetero) is 1. The Kier molecular flexibility index (Phi) is 6.98. The summed E-state index contributed by atoms with van der Waals surface area (Å²) in [5.74, 6) is -0.331. The van der Waals surface area contributed by atoms with E-state index in [4.69, 9.17) is 0 Å². The molecule has 0 atom stereocenters. The van der Waals surface area contributed by atoms with Crippen molar-refractivity contribution < 1.29 is 18.0 Å². The molecular formula is C22H29N3O4S2. The van der Waals surface area contributed by atoms with Crippen LogP contribution in [-0.4, -0.2) is 42.5 Å². The number of fused-ring (bicyclic) bond motifs is 1. The van der Waals surface area contributed by atoms with Gasteiger partial charge in [0, 0.05) is 25.1 Å². The largest absolute Gasteiger partial charge is 0.298 e. The van der Waals surface area contributed by atoms with Crippen molar-refractivity contribution in [3.8, 4) is 0 Å². The topological polar surface area (TPSA) is 96.4 Å². The molecule has 0 fully saturated rings. The van der Waals surface area contributed by atoms with Crippen LogP contribution < -0.4 is 5.32 Å². The molecular weight excluding hydrogens is 434 g/mol. The average molecular weight is 464 g/mol. The molecule has 0 radical (unpaired) electrons. The summed E-state index contributed by atoms with van der Waals surface area (Å²) in [7, 11) is -3.59. The number of nitrogens with one attached hydrogen (secondary N) is 1. The number of rotatable bonds is 8. The number of unbranched alkanes of at least 4 members (excludes halogenated alkanes) is 1. The molecule has 7 nitrogen and oxygen atoms in total. The van der Waals surface area contributed by atoms with Gasteiger partial charge in [-0.25, -0.2) is 13.4 Å². The maximum atomic E-state index is 12.8. The van der Waals surface area contributed by atoms with Crippen molar-refractivity contribution in [3.63, 3.8) is 0 Å².